The average molecular weight is 903 g/mol. The molecule has 1 N–H and O–H groups in total. The predicted octanol–water partition coefficient (Wildman–Crippen LogP) is 14.2. The summed E-state index contributed by atoms with van der Waals surface area (Å²) in [5, 5.41) is 5.86. The quantitative estimate of drug-likeness (QED) is 0.168. The van der Waals surface area contributed by atoms with Gasteiger partial charge in [-0.1, -0.05) is 97.1 Å². The molecule has 13 rings (SSSR count). The van der Waals surface area contributed by atoms with Crippen molar-refractivity contribution < 1.29 is 0 Å². The minimum atomic E-state index is -0.750. The van der Waals surface area contributed by atoms with Crippen LogP contribution in [0.15, 0.2) is 183 Å². The zero-order valence-electron chi connectivity index (χ0n) is 40.0. The van der Waals surface area contributed by atoms with Gasteiger partial charge in [-0.3, -0.25) is 15.0 Å². The van der Waals surface area contributed by atoms with Crippen LogP contribution in [0.1, 0.15) is 68.1 Å². The lowest BCUT2D eigenvalue weighted by Gasteiger charge is -2.38. The summed E-state index contributed by atoms with van der Waals surface area (Å²) < 4.78 is 0. The van der Waals surface area contributed by atoms with Gasteiger partial charge in [0, 0.05) is 46.1 Å². The number of aromatic nitrogens is 5. The number of rotatable bonds is 6. The Bertz CT molecular complexity index is 3890. The number of hydrogen-bond acceptors (Lipinski definition) is 6. The first-order valence-electron chi connectivity index (χ1n) is 24.3. The Morgan fingerprint density at radius 2 is 1.11 bits per heavy atom. The molecule has 2 aliphatic carbocycles. The molecule has 3 aliphatic rings. The number of aryl methyl sites for hydroxylation is 6. The fourth-order valence-electron chi connectivity index (χ4n) is 11.9. The van der Waals surface area contributed by atoms with Crippen LogP contribution in [0.4, 0.5) is 0 Å². The molecule has 5 aromatic carbocycles. The van der Waals surface area contributed by atoms with E-state index in [0.29, 0.717) is 0 Å². The summed E-state index contributed by atoms with van der Waals surface area (Å²) >= 11 is 0. The molecule has 0 radical (unpaired) electrons. The zero-order chi connectivity index (χ0) is 47.3. The van der Waals surface area contributed by atoms with E-state index in [-0.39, 0.29) is 0 Å². The van der Waals surface area contributed by atoms with Gasteiger partial charge >= 0.3 is 0 Å². The highest BCUT2D eigenvalue weighted by Gasteiger charge is 2.49. The van der Waals surface area contributed by atoms with E-state index in [1.54, 1.807) is 0 Å². The minimum Gasteiger partial charge on any atom is -0.378 e. The zero-order valence-corrected chi connectivity index (χ0v) is 40.0. The van der Waals surface area contributed by atoms with Crippen LogP contribution in [0.2, 0.25) is 0 Å². The summed E-state index contributed by atoms with van der Waals surface area (Å²) in [4.78, 5) is 25.3. The topological polar surface area (TPSA) is 76.5 Å². The average Bonchev–Trinajstić information content (AvgIpc) is 3.69. The van der Waals surface area contributed by atoms with Gasteiger partial charge in [0.15, 0.2) is 0 Å². The molecule has 0 amide bonds. The number of fused-ring (bicyclic) bond motifs is 9. The number of nitrogens with zero attached hydrogens (tertiary/aromatic N) is 5. The number of nitrogens with one attached hydrogen (secondary N) is 1. The van der Waals surface area contributed by atoms with Crippen molar-refractivity contribution >= 4 is 21.8 Å². The molecule has 6 heteroatoms. The van der Waals surface area contributed by atoms with Crippen molar-refractivity contribution in [3.63, 3.8) is 0 Å². The van der Waals surface area contributed by atoms with E-state index in [9.17, 15) is 0 Å². The van der Waals surface area contributed by atoms with Gasteiger partial charge in [-0.05, 0) is 187 Å². The standard InChI is InChI=1S/C64H50N6/c1-38-34-52(40(3)32-50(38)57-25-20-44-17-15-42-12-10-29-66-59(42)61(44)69-57)64(53-35-39(2)51(33-41(53)4)58-26-21-45-18-16-43-13-11-30-67-60(43)62(45)70-58)54-36-46(56-14-6-8-28-65-56)19-23-48(54)49-24-22-47(37-55(49)64)63(5)27-7-9-31-68-63/h6-15,17,19-37,68H,16,18H2,1-5H3. The second kappa shape index (κ2) is 15.9. The Hall–Kier alpha value is -8.35. The molecule has 10 aromatic rings. The van der Waals surface area contributed by atoms with Gasteiger partial charge < -0.3 is 5.32 Å². The SMILES string of the molecule is Cc1cc(C2(c3cc(C)c(-c4ccc5ccc6cccnc6c5n4)cc3C)c3cc(-c4ccccn4)ccc3-c3ccc(C4(C)C=CC=CN4)cc32)c(C)cc1-c1ccc2c(n1)-c1ncccc1CC2. The van der Waals surface area contributed by atoms with Gasteiger partial charge in [0.1, 0.15) is 0 Å². The first kappa shape index (κ1) is 41.8. The van der Waals surface area contributed by atoms with Crippen molar-refractivity contribution in [2.24, 2.45) is 0 Å². The Balaban J connectivity index is 1.08. The highest BCUT2D eigenvalue weighted by molar-refractivity contribution is 6.03. The molecule has 2 unspecified atom stereocenters. The maximum absolute atomic E-state index is 5.42. The first-order valence-corrected chi connectivity index (χ1v) is 24.3. The lowest BCUT2D eigenvalue weighted by atomic mass is 9.63. The summed E-state index contributed by atoms with van der Waals surface area (Å²) in [6.07, 6.45) is 16.1. The summed E-state index contributed by atoms with van der Waals surface area (Å²) in [6, 6.07) is 51.4. The van der Waals surface area contributed by atoms with E-state index in [1.807, 2.05) is 36.8 Å². The van der Waals surface area contributed by atoms with E-state index in [2.05, 4.69) is 186 Å². The Morgan fingerprint density at radius 1 is 0.457 bits per heavy atom. The number of pyridine rings is 5. The van der Waals surface area contributed by atoms with Crippen molar-refractivity contribution in [1.82, 2.24) is 30.2 Å². The lowest BCUT2D eigenvalue weighted by molar-refractivity contribution is 0.522. The molecule has 0 bridgehead atoms. The van der Waals surface area contributed by atoms with Crippen LogP contribution < -0.4 is 5.32 Å². The van der Waals surface area contributed by atoms with Crippen molar-refractivity contribution in [3.05, 3.63) is 244 Å². The van der Waals surface area contributed by atoms with E-state index in [0.717, 1.165) is 90.9 Å². The fourth-order valence-corrected chi connectivity index (χ4v) is 11.9. The highest BCUT2D eigenvalue weighted by atomic mass is 14.9. The van der Waals surface area contributed by atoms with Crippen LogP contribution in [-0.2, 0) is 23.8 Å². The van der Waals surface area contributed by atoms with Crippen molar-refractivity contribution in [2.45, 2.75) is 58.4 Å². The normalized spacial score (nSPS) is 17.5. The maximum atomic E-state index is 5.42. The number of benzene rings is 5. The van der Waals surface area contributed by atoms with Crippen LogP contribution in [0.3, 0.4) is 0 Å². The van der Waals surface area contributed by atoms with Gasteiger partial charge in [-0.2, -0.15) is 0 Å². The summed E-state index contributed by atoms with van der Waals surface area (Å²) in [5.41, 5.74) is 24.6. The minimum absolute atomic E-state index is 0.417. The van der Waals surface area contributed by atoms with Crippen LogP contribution >= 0.6 is 0 Å². The van der Waals surface area contributed by atoms with Crippen LogP contribution in [0.25, 0.3) is 78.1 Å². The molecule has 0 spiro atoms. The molecule has 6 heterocycles. The third-order valence-corrected chi connectivity index (χ3v) is 15.4. The van der Waals surface area contributed by atoms with Crippen LogP contribution in [0.5, 0.6) is 0 Å². The van der Waals surface area contributed by atoms with Gasteiger partial charge in [0.25, 0.3) is 0 Å². The molecular formula is C64H50N6. The molecule has 0 fully saturated rings. The van der Waals surface area contributed by atoms with Gasteiger partial charge in [0.2, 0.25) is 0 Å². The molecule has 2 atom stereocenters. The Kier molecular flexibility index (Phi) is 9.47. The number of dihydropyridines is 1. The van der Waals surface area contributed by atoms with Gasteiger partial charge in [-0.25, -0.2) is 9.97 Å². The first-order chi connectivity index (χ1) is 34.2. The molecule has 1 aliphatic heterocycles. The number of hydrogen-bond donors (Lipinski definition) is 1. The van der Waals surface area contributed by atoms with Crippen LogP contribution in [0, 0.1) is 27.7 Å². The molecule has 336 valence electrons. The summed E-state index contributed by atoms with van der Waals surface area (Å²) in [6.45, 7) is 11.4. The fraction of sp³-hybridized carbons (Fsp3) is 0.141. The molecule has 0 saturated carbocycles. The lowest BCUT2D eigenvalue weighted by Crippen LogP contribution is -2.36. The smallest absolute Gasteiger partial charge is 0.0972 e. The summed E-state index contributed by atoms with van der Waals surface area (Å²) in [7, 11) is 0. The third kappa shape index (κ3) is 6.36. The molecular weight excluding hydrogens is 853 g/mol. The molecule has 0 saturated heterocycles. The third-order valence-electron chi connectivity index (χ3n) is 15.4. The van der Waals surface area contributed by atoms with Gasteiger partial charge in [0.05, 0.1) is 50.5 Å². The highest BCUT2D eigenvalue weighted by Crippen LogP contribution is 2.59. The van der Waals surface area contributed by atoms with Crippen molar-refractivity contribution in [2.75, 3.05) is 0 Å². The second-order valence-electron chi connectivity index (χ2n) is 19.6. The molecule has 70 heavy (non-hydrogen) atoms. The van der Waals surface area contributed by atoms with E-state index < -0.39 is 11.0 Å². The van der Waals surface area contributed by atoms with Crippen molar-refractivity contribution in [1.29, 1.82) is 0 Å². The largest absolute Gasteiger partial charge is 0.378 e. The Labute approximate surface area is 408 Å². The van der Waals surface area contributed by atoms with Gasteiger partial charge in [-0.15, -0.1) is 0 Å². The predicted molar refractivity (Wildman–Crippen MR) is 285 cm³/mol. The van der Waals surface area contributed by atoms with E-state index in [4.69, 9.17) is 24.9 Å². The number of allylic oxidation sites excluding steroid dienone is 2. The Morgan fingerprint density at radius 3 is 1.86 bits per heavy atom. The molecule has 5 aromatic heterocycles. The van der Waals surface area contributed by atoms with Crippen LogP contribution in [-0.4, -0.2) is 24.9 Å². The molecule has 6 nitrogen and oxygen atoms in total. The van der Waals surface area contributed by atoms with E-state index >= 15 is 0 Å². The van der Waals surface area contributed by atoms with E-state index in [1.165, 1.54) is 61.2 Å². The van der Waals surface area contributed by atoms with Crippen molar-refractivity contribution in [3.8, 4) is 56.3 Å². The summed E-state index contributed by atoms with van der Waals surface area (Å²) in [5.74, 6) is 0. The second-order valence-corrected chi connectivity index (χ2v) is 19.6. The monoisotopic (exact) mass is 902 g/mol. The maximum Gasteiger partial charge on any atom is 0.0972 e.